The van der Waals surface area contributed by atoms with Crippen molar-refractivity contribution in [3.63, 3.8) is 0 Å². The van der Waals surface area contributed by atoms with Gasteiger partial charge in [0.25, 0.3) is 0 Å². The maximum Gasteiger partial charge on any atom is 0.326 e. The third kappa shape index (κ3) is 4.60. The fourth-order valence-electron chi connectivity index (χ4n) is 1.43. The summed E-state index contributed by atoms with van der Waals surface area (Å²) in [6.07, 6.45) is 1.76. The van der Waals surface area contributed by atoms with Crippen LogP contribution in [0.4, 0.5) is 4.79 Å². The normalized spacial score (nSPS) is 18.6. The van der Waals surface area contributed by atoms with Gasteiger partial charge in [0.1, 0.15) is 6.04 Å². The summed E-state index contributed by atoms with van der Waals surface area (Å²) in [5, 5.41) is 14.1. The Hall–Kier alpha value is -1.30. The Morgan fingerprint density at radius 1 is 1.41 bits per heavy atom. The van der Waals surface area contributed by atoms with Crippen LogP contribution in [0.25, 0.3) is 0 Å². The molecule has 6 nitrogen and oxygen atoms in total. The van der Waals surface area contributed by atoms with Crippen LogP contribution in [0, 0.1) is 5.92 Å². The van der Waals surface area contributed by atoms with E-state index in [0.717, 1.165) is 12.8 Å². The van der Waals surface area contributed by atoms with E-state index in [4.69, 9.17) is 5.11 Å². The lowest BCUT2D eigenvalue weighted by Crippen LogP contribution is -2.49. The first-order valence-electron chi connectivity index (χ1n) is 5.85. The molecule has 0 aromatic carbocycles. The van der Waals surface area contributed by atoms with Crippen molar-refractivity contribution in [3.8, 4) is 0 Å². The smallest absolute Gasteiger partial charge is 0.326 e. The van der Waals surface area contributed by atoms with Crippen molar-refractivity contribution in [2.24, 2.45) is 5.92 Å². The summed E-state index contributed by atoms with van der Waals surface area (Å²) in [6.45, 7) is 2.48. The van der Waals surface area contributed by atoms with Crippen molar-refractivity contribution in [3.05, 3.63) is 0 Å². The number of hydrogen-bond acceptors (Lipinski definition) is 3. The lowest BCUT2D eigenvalue weighted by Gasteiger charge is -2.21. The summed E-state index contributed by atoms with van der Waals surface area (Å²) in [4.78, 5) is 24.4. The van der Waals surface area contributed by atoms with Crippen LogP contribution in [0.5, 0.6) is 0 Å². The minimum absolute atomic E-state index is 0.101. The van der Waals surface area contributed by atoms with Crippen molar-refractivity contribution in [2.75, 3.05) is 20.6 Å². The van der Waals surface area contributed by atoms with Crippen molar-refractivity contribution < 1.29 is 14.7 Å². The van der Waals surface area contributed by atoms with Crippen molar-refractivity contribution >= 4 is 12.0 Å². The summed E-state index contributed by atoms with van der Waals surface area (Å²) >= 11 is 0. The number of carboxylic acids is 1. The molecule has 1 fully saturated rings. The lowest BCUT2D eigenvalue weighted by atomic mass is 10.2. The molecule has 1 saturated carbocycles. The molecule has 1 rings (SSSR count). The van der Waals surface area contributed by atoms with Crippen LogP contribution in [0.1, 0.15) is 19.8 Å². The third-order valence-corrected chi connectivity index (χ3v) is 3.09. The van der Waals surface area contributed by atoms with Gasteiger partial charge in [0.15, 0.2) is 0 Å². The number of nitrogens with zero attached hydrogens (tertiary/aromatic N) is 1. The standard InChI is InChI=1S/C11H21N3O3/c1-7(14(2)3)6-12-11(17)13-9(10(15)16)8-4-5-8/h7-9H,4-6H2,1-3H3,(H,15,16)(H2,12,13,17). The molecule has 1 aliphatic carbocycles. The summed E-state index contributed by atoms with van der Waals surface area (Å²) in [5.41, 5.74) is 0. The van der Waals surface area contributed by atoms with E-state index in [-0.39, 0.29) is 12.0 Å². The van der Waals surface area contributed by atoms with Crippen molar-refractivity contribution in [1.29, 1.82) is 0 Å². The monoisotopic (exact) mass is 243 g/mol. The van der Waals surface area contributed by atoms with E-state index in [1.807, 2.05) is 25.9 Å². The summed E-state index contributed by atoms with van der Waals surface area (Å²) in [5.74, 6) is -0.854. The zero-order valence-electron chi connectivity index (χ0n) is 10.6. The van der Waals surface area contributed by atoms with E-state index >= 15 is 0 Å². The highest BCUT2D eigenvalue weighted by Gasteiger charge is 2.37. The quantitative estimate of drug-likeness (QED) is 0.618. The highest BCUT2D eigenvalue weighted by Crippen LogP contribution is 2.32. The number of hydrogen-bond donors (Lipinski definition) is 3. The first-order chi connectivity index (χ1) is 7.91. The van der Waals surface area contributed by atoms with Crippen molar-refractivity contribution in [1.82, 2.24) is 15.5 Å². The number of carboxylic acid groups (broad SMARTS) is 1. The molecule has 6 heteroatoms. The van der Waals surface area contributed by atoms with Gasteiger partial charge >= 0.3 is 12.0 Å². The van der Waals surface area contributed by atoms with Gasteiger partial charge in [-0.3, -0.25) is 0 Å². The van der Waals surface area contributed by atoms with Gasteiger partial charge in [-0.2, -0.15) is 0 Å². The van der Waals surface area contributed by atoms with Gasteiger partial charge in [0, 0.05) is 12.6 Å². The number of likely N-dealkylation sites (N-methyl/N-ethyl adjacent to an activating group) is 1. The Labute approximate surface area is 101 Å². The molecular weight excluding hydrogens is 222 g/mol. The van der Waals surface area contributed by atoms with Crippen molar-refractivity contribution in [2.45, 2.75) is 31.8 Å². The minimum Gasteiger partial charge on any atom is -0.480 e. The van der Waals surface area contributed by atoms with E-state index in [9.17, 15) is 9.59 Å². The SMILES string of the molecule is CC(CNC(=O)NC(C(=O)O)C1CC1)N(C)C. The number of carbonyl (C=O) groups is 2. The maximum atomic E-state index is 11.5. The molecule has 0 bridgehead atoms. The second-order valence-corrected chi connectivity index (χ2v) is 4.82. The number of aliphatic carboxylic acids is 1. The molecule has 1 aliphatic rings. The number of carbonyl (C=O) groups excluding carboxylic acids is 1. The molecule has 2 atom stereocenters. The van der Waals surface area contributed by atoms with Crippen LogP contribution >= 0.6 is 0 Å². The molecule has 2 unspecified atom stereocenters. The minimum atomic E-state index is -0.955. The Kier molecular flexibility index (Phi) is 4.74. The molecule has 17 heavy (non-hydrogen) atoms. The van der Waals surface area contributed by atoms with Crippen LogP contribution in [0.2, 0.25) is 0 Å². The topological polar surface area (TPSA) is 81.7 Å². The molecule has 0 aliphatic heterocycles. The zero-order valence-corrected chi connectivity index (χ0v) is 10.6. The molecular formula is C11H21N3O3. The molecule has 3 N–H and O–H groups in total. The van der Waals surface area contributed by atoms with Crippen LogP contribution in [-0.2, 0) is 4.79 Å². The fourth-order valence-corrected chi connectivity index (χ4v) is 1.43. The third-order valence-electron chi connectivity index (χ3n) is 3.09. The predicted octanol–water partition coefficient (Wildman–Crippen LogP) is 0.0989. The number of nitrogens with one attached hydrogen (secondary N) is 2. The molecule has 0 aromatic rings. The van der Waals surface area contributed by atoms with Crippen LogP contribution in [0.3, 0.4) is 0 Å². The molecule has 0 saturated heterocycles. The lowest BCUT2D eigenvalue weighted by molar-refractivity contribution is -0.139. The van der Waals surface area contributed by atoms with Gasteiger partial charge in [-0.25, -0.2) is 9.59 Å². The number of urea groups is 1. The van der Waals surface area contributed by atoms with E-state index in [1.54, 1.807) is 0 Å². The molecule has 2 amide bonds. The van der Waals surface area contributed by atoms with Gasteiger partial charge in [-0.1, -0.05) is 0 Å². The van der Waals surface area contributed by atoms with E-state index in [2.05, 4.69) is 10.6 Å². The average Bonchev–Trinajstić information content (AvgIpc) is 3.05. The van der Waals surface area contributed by atoms with Crippen LogP contribution < -0.4 is 10.6 Å². The van der Waals surface area contributed by atoms with Gasteiger partial charge in [0.05, 0.1) is 0 Å². The summed E-state index contributed by atoms with van der Waals surface area (Å²) in [7, 11) is 3.85. The number of amides is 2. The molecule has 0 aromatic heterocycles. The first kappa shape index (κ1) is 13.8. The highest BCUT2D eigenvalue weighted by atomic mass is 16.4. The first-order valence-corrected chi connectivity index (χ1v) is 5.85. The second-order valence-electron chi connectivity index (χ2n) is 4.82. The average molecular weight is 243 g/mol. The Balaban J connectivity index is 2.30. The summed E-state index contributed by atoms with van der Waals surface area (Å²) < 4.78 is 0. The predicted molar refractivity (Wildman–Crippen MR) is 63.8 cm³/mol. The second kappa shape index (κ2) is 5.86. The van der Waals surface area contributed by atoms with E-state index < -0.39 is 18.0 Å². The largest absolute Gasteiger partial charge is 0.480 e. The summed E-state index contributed by atoms with van der Waals surface area (Å²) in [6, 6.07) is -0.937. The molecule has 0 heterocycles. The zero-order chi connectivity index (χ0) is 13.0. The Morgan fingerprint density at radius 3 is 2.41 bits per heavy atom. The van der Waals surface area contributed by atoms with Gasteiger partial charge in [-0.05, 0) is 39.8 Å². The maximum absolute atomic E-state index is 11.5. The molecule has 0 radical (unpaired) electrons. The molecule has 0 spiro atoms. The van der Waals surface area contributed by atoms with E-state index in [0.29, 0.717) is 6.54 Å². The van der Waals surface area contributed by atoms with Gasteiger partial charge < -0.3 is 20.6 Å². The van der Waals surface area contributed by atoms with Gasteiger partial charge in [0.2, 0.25) is 0 Å². The molecule has 98 valence electrons. The van der Waals surface area contributed by atoms with E-state index in [1.165, 1.54) is 0 Å². The number of rotatable bonds is 6. The van der Waals surface area contributed by atoms with Gasteiger partial charge in [-0.15, -0.1) is 0 Å². The van der Waals surface area contributed by atoms with Crippen LogP contribution in [-0.4, -0.2) is 54.7 Å². The van der Waals surface area contributed by atoms with Crippen LogP contribution in [0.15, 0.2) is 0 Å². The fraction of sp³-hybridized carbons (Fsp3) is 0.818. The Morgan fingerprint density at radius 2 is 2.00 bits per heavy atom. The Bertz CT molecular complexity index is 290. The highest BCUT2D eigenvalue weighted by molar-refractivity contribution is 5.83.